The Morgan fingerprint density at radius 3 is 2.77 bits per heavy atom. The summed E-state index contributed by atoms with van der Waals surface area (Å²) in [7, 11) is 2.14. The van der Waals surface area contributed by atoms with Gasteiger partial charge in [-0.25, -0.2) is 4.79 Å². The highest BCUT2D eigenvalue weighted by Gasteiger charge is 2.38. The van der Waals surface area contributed by atoms with Crippen LogP contribution in [0, 0.1) is 0 Å². The highest BCUT2D eigenvalue weighted by Crippen LogP contribution is 2.45. The molecule has 1 aromatic rings. The van der Waals surface area contributed by atoms with Crippen LogP contribution in [0.5, 0.6) is 5.75 Å². The second kappa shape index (κ2) is 6.64. The third-order valence-electron chi connectivity index (χ3n) is 4.95. The van der Waals surface area contributed by atoms with E-state index in [1.54, 1.807) is 6.08 Å². The lowest BCUT2D eigenvalue weighted by atomic mass is 9.88. The number of likely N-dealkylation sites (N-methyl/N-ethyl adjacent to an activating group) is 1. The number of benzene rings is 1. The van der Waals surface area contributed by atoms with E-state index in [9.17, 15) is 4.79 Å². The number of para-hydroxylation sites is 1. The van der Waals surface area contributed by atoms with Crippen LogP contribution < -0.4 is 4.74 Å². The van der Waals surface area contributed by atoms with Crippen molar-refractivity contribution >= 4 is 6.08 Å². The Morgan fingerprint density at radius 1 is 1.27 bits per heavy atom. The minimum Gasteiger partial charge on any atom is -0.489 e. The number of isocyanates is 1. The van der Waals surface area contributed by atoms with Crippen LogP contribution in [0.3, 0.4) is 0 Å². The lowest BCUT2D eigenvalue weighted by Gasteiger charge is -2.32. The molecule has 1 saturated carbocycles. The number of nitrogens with zero attached hydrogens (tertiary/aromatic N) is 2. The van der Waals surface area contributed by atoms with E-state index in [4.69, 9.17) is 4.74 Å². The lowest BCUT2D eigenvalue weighted by Crippen LogP contribution is -2.39. The van der Waals surface area contributed by atoms with Gasteiger partial charge in [0.15, 0.2) is 0 Å². The molecule has 1 aliphatic heterocycles. The maximum Gasteiger partial charge on any atom is 0.235 e. The van der Waals surface area contributed by atoms with Crippen molar-refractivity contribution < 1.29 is 9.53 Å². The van der Waals surface area contributed by atoms with Gasteiger partial charge in [-0.1, -0.05) is 31.0 Å². The zero-order valence-electron chi connectivity index (χ0n) is 13.3. The first-order valence-electron chi connectivity index (χ1n) is 8.27. The molecule has 4 nitrogen and oxygen atoms in total. The van der Waals surface area contributed by atoms with Gasteiger partial charge in [0.1, 0.15) is 17.4 Å². The Hall–Kier alpha value is -1.64. The molecule has 3 rings (SSSR count). The summed E-state index contributed by atoms with van der Waals surface area (Å²) in [5.74, 6) is 0.892. The maximum absolute atomic E-state index is 10.9. The number of rotatable bonds is 4. The fraction of sp³-hybridized carbons (Fsp3) is 0.611. The molecule has 22 heavy (non-hydrogen) atoms. The molecule has 2 aliphatic rings. The molecular weight excluding hydrogens is 276 g/mol. The number of aliphatic imine (C=N–C) groups is 1. The van der Waals surface area contributed by atoms with E-state index >= 15 is 0 Å². The van der Waals surface area contributed by atoms with Crippen molar-refractivity contribution in [1.82, 2.24) is 4.90 Å². The maximum atomic E-state index is 10.9. The van der Waals surface area contributed by atoms with Crippen molar-refractivity contribution in [3.05, 3.63) is 29.8 Å². The first-order chi connectivity index (χ1) is 10.7. The van der Waals surface area contributed by atoms with Crippen LogP contribution in [-0.4, -0.2) is 37.2 Å². The zero-order valence-corrected chi connectivity index (χ0v) is 13.3. The third kappa shape index (κ3) is 3.08. The second-order valence-electron chi connectivity index (χ2n) is 6.58. The first kappa shape index (κ1) is 15.3. The van der Waals surface area contributed by atoms with Crippen molar-refractivity contribution in [2.75, 3.05) is 20.1 Å². The minimum atomic E-state index is -0.418. The quantitative estimate of drug-likeness (QED) is 0.633. The molecule has 1 atom stereocenters. The van der Waals surface area contributed by atoms with Crippen LogP contribution >= 0.6 is 0 Å². The Kier molecular flexibility index (Phi) is 4.60. The summed E-state index contributed by atoms with van der Waals surface area (Å²) in [6, 6.07) is 8.09. The molecule has 1 saturated heterocycles. The van der Waals surface area contributed by atoms with Crippen LogP contribution in [0.2, 0.25) is 0 Å². The van der Waals surface area contributed by atoms with Gasteiger partial charge in [0.05, 0.1) is 0 Å². The summed E-state index contributed by atoms with van der Waals surface area (Å²) in [5, 5.41) is 0. The molecular formula is C18H24N2O2. The molecule has 0 amide bonds. The minimum absolute atomic E-state index is 0.221. The van der Waals surface area contributed by atoms with Gasteiger partial charge in [-0.3, -0.25) is 0 Å². The van der Waals surface area contributed by atoms with Crippen molar-refractivity contribution in [2.24, 2.45) is 4.99 Å². The average Bonchev–Trinajstić information content (AvgIpc) is 2.98. The summed E-state index contributed by atoms with van der Waals surface area (Å²) in [4.78, 5) is 17.5. The van der Waals surface area contributed by atoms with Crippen LogP contribution in [0.25, 0.3) is 0 Å². The van der Waals surface area contributed by atoms with Crippen molar-refractivity contribution in [3.63, 3.8) is 0 Å². The molecule has 0 N–H and O–H groups in total. The zero-order chi connectivity index (χ0) is 15.4. The Balaban J connectivity index is 1.87. The summed E-state index contributed by atoms with van der Waals surface area (Å²) >= 11 is 0. The molecule has 0 radical (unpaired) electrons. The Bertz CT molecular complexity index is 560. The molecule has 1 heterocycles. The van der Waals surface area contributed by atoms with Gasteiger partial charge in [0, 0.05) is 12.1 Å². The van der Waals surface area contributed by atoms with Gasteiger partial charge in [-0.2, -0.15) is 4.99 Å². The predicted octanol–water partition coefficient (Wildman–Crippen LogP) is 3.26. The number of ether oxygens (including phenoxy) is 1. The van der Waals surface area contributed by atoms with E-state index in [0.29, 0.717) is 0 Å². The molecule has 1 unspecified atom stereocenters. The molecule has 118 valence electrons. The molecule has 0 spiro atoms. The highest BCUT2D eigenvalue weighted by atomic mass is 16.5. The van der Waals surface area contributed by atoms with Gasteiger partial charge in [-0.05, 0) is 45.3 Å². The van der Waals surface area contributed by atoms with E-state index in [-0.39, 0.29) is 6.10 Å². The molecule has 4 heteroatoms. The number of hydrogen-bond acceptors (Lipinski definition) is 4. The Morgan fingerprint density at radius 2 is 2.05 bits per heavy atom. The van der Waals surface area contributed by atoms with E-state index in [0.717, 1.165) is 56.5 Å². The number of carbonyl (C=O) groups excluding carboxylic acids is 1. The molecule has 0 bridgehead atoms. The van der Waals surface area contributed by atoms with Gasteiger partial charge in [0.2, 0.25) is 6.08 Å². The van der Waals surface area contributed by atoms with Gasteiger partial charge in [-0.15, -0.1) is 0 Å². The summed E-state index contributed by atoms with van der Waals surface area (Å²) in [5.41, 5.74) is 0.642. The van der Waals surface area contributed by atoms with E-state index in [1.807, 2.05) is 18.2 Å². The highest BCUT2D eigenvalue weighted by molar-refractivity contribution is 5.44. The molecule has 2 fully saturated rings. The molecule has 1 aliphatic carbocycles. The SMILES string of the molecule is CN1CCCC(Oc2ccccc2C2(N=C=O)CCCC2)C1. The average molecular weight is 300 g/mol. The molecule has 1 aromatic carbocycles. The van der Waals surface area contributed by atoms with Crippen molar-refractivity contribution in [3.8, 4) is 5.75 Å². The van der Waals surface area contributed by atoms with Crippen molar-refractivity contribution in [1.29, 1.82) is 0 Å². The van der Waals surface area contributed by atoms with Gasteiger partial charge < -0.3 is 9.64 Å². The smallest absolute Gasteiger partial charge is 0.235 e. The molecule has 0 aromatic heterocycles. The monoisotopic (exact) mass is 300 g/mol. The van der Waals surface area contributed by atoms with Crippen LogP contribution in [0.4, 0.5) is 0 Å². The number of piperidine rings is 1. The van der Waals surface area contributed by atoms with Crippen LogP contribution in [0.1, 0.15) is 44.1 Å². The standard InChI is InChI=1S/C18H24N2O2/c1-20-12-6-7-15(13-20)22-17-9-3-2-8-16(17)18(19-14-21)10-4-5-11-18/h2-3,8-9,15H,4-7,10-13H2,1H3. The van der Waals surface area contributed by atoms with E-state index in [1.165, 1.54) is 6.42 Å². The third-order valence-corrected chi connectivity index (χ3v) is 4.95. The van der Waals surface area contributed by atoms with E-state index in [2.05, 4.69) is 23.0 Å². The van der Waals surface area contributed by atoms with Crippen LogP contribution in [0.15, 0.2) is 29.3 Å². The topological polar surface area (TPSA) is 41.9 Å². The summed E-state index contributed by atoms with van der Waals surface area (Å²) < 4.78 is 6.31. The van der Waals surface area contributed by atoms with Crippen molar-refractivity contribution in [2.45, 2.75) is 50.2 Å². The number of hydrogen-bond donors (Lipinski definition) is 0. The van der Waals surface area contributed by atoms with Gasteiger partial charge >= 0.3 is 0 Å². The Labute approximate surface area is 132 Å². The fourth-order valence-corrected chi connectivity index (χ4v) is 3.84. The van der Waals surface area contributed by atoms with Crippen LogP contribution in [-0.2, 0) is 10.3 Å². The fourth-order valence-electron chi connectivity index (χ4n) is 3.84. The predicted molar refractivity (Wildman–Crippen MR) is 85.9 cm³/mol. The summed E-state index contributed by atoms with van der Waals surface area (Å²) in [6.45, 7) is 2.10. The number of likely N-dealkylation sites (tertiary alicyclic amines) is 1. The van der Waals surface area contributed by atoms with Gasteiger partial charge in [0.25, 0.3) is 0 Å². The largest absolute Gasteiger partial charge is 0.489 e. The second-order valence-corrected chi connectivity index (χ2v) is 6.58. The lowest BCUT2D eigenvalue weighted by molar-refractivity contribution is 0.102. The first-order valence-corrected chi connectivity index (χ1v) is 8.27. The summed E-state index contributed by atoms with van der Waals surface area (Å²) in [6.07, 6.45) is 8.30. The van der Waals surface area contributed by atoms with E-state index < -0.39 is 5.54 Å². The normalized spacial score (nSPS) is 24.7.